The third-order valence-electron chi connectivity index (χ3n) is 4.20. The van der Waals surface area contributed by atoms with Gasteiger partial charge in [-0.05, 0) is 29.1 Å². The first-order chi connectivity index (χ1) is 10.7. The second-order valence-corrected chi connectivity index (χ2v) is 6.43. The second kappa shape index (κ2) is 5.01. The van der Waals surface area contributed by atoms with E-state index in [2.05, 4.69) is 5.32 Å². The summed E-state index contributed by atoms with van der Waals surface area (Å²) in [5, 5.41) is 15.1. The van der Waals surface area contributed by atoms with Crippen molar-refractivity contribution in [2.45, 2.75) is 12.1 Å². The molecule has 1 aromatic heterocycles. The first kappa shape index (κ1) is 13.6. The molecule has 0 fully saturated rings. The topological polar surface area (TPSA) is 69.6 Å². The van der Waals surface area contributed by atoms with Crippen molar-refractivity contribution < 1.29 is 14.7 Å². The summed E-state index contributed by atoms with van der Waals surface area (Å²) in [6, 6.07) is 8.68. The first-order valence-corrected chi connectivity index (χ1v) is 7.98. The van der Waals surface area contributed by atoms with Crippen molar-refractivity contribution in [3.8, 4) is 0 Å². The molecule has 2 aliphatic heterocycles. The number of imide groups is 1. The van der Waals surface area contributed by atoms with Crippen LogP contribution in [0.15, 0.2) is 35.7 Å². The van der Waals surface area contributed by atoms with E-state index in [1.54, 1.807) is 24.3 Å². The average Bonchev–Trinajstić information content (AvgIpc) is 3.11. The summed E-state index contributed by atoms with van der Waals surface area (Å²) in [6.07, 6.45) is -0.528. The number of hydrogen-bond donors (Lipinski definition) is 2. The lowest BCUT2D eigenvalue weighted by Gasteiger charge is -2.29. The lowest BCUT2D eigenvalue weighted by Crippen LogP contribution is -2.42. The highest BCUT2D eigenvalue weighted by molar-refractivity contribution is 7.10. The molecular formula is C16H14N2O3S. The minimum Gasteiger partial charge on any atom is -0.387 e. The highest BCUT2D eigenvalue weighted by atomic mass is 32.1. The van der Waals surface area contributed by atoms with Crippen molar-refractivity contribution in [3.63, 3.8) is 0 Å². The fraction of sp³-hybridized carbons (Fsp3) is 0.250. The molecule has 3 heterocycles. The summed E-state index contributed by atoms with van der Waals surface area (Å²) < 4.78 is 0. The number of nitrogens with zero attached hydrogens (tertiary/aromatic N) is 1. The number of hydrogen-bond acceptors (Lipinski definition) is 5. The molecule has 2 aliphatic rings. The summed E-state index contributed by atoms with van der Waals surface area (Å²) in [5.74, 6) is -0.488. The maximum absolute atomic E-state index is 12.4. The normalized spacial score (nSPS) is 23.6. The molecule has 0 saturated heterocycles. The highest BCUT2D eigenvalue weighted by Gasteiger charge is 2.38. The van der Waals surface area contributed by atoms with Gasteiger partial charge in [0, 0.05) is 18.0 Å². The summed E-state index contributed by atoms with van der Waals surface area (Å²) in [6.45, 7) is 0.712. The molecule has 0 bridgehead atoms. The summed E-state index contributed by atoms with van der Waals surface area (Å²) >= 11 is 1.54. The number of carbonyl (C=O) groups excluding carboxylic acids is 2. The van der Waals surface area contributed by atoms with Gasteiger partial charge in [0.2, 0.25) is 0 Å². The van der Waals surface area contributed by atoms with Gasteiger partial charge >= 0.3 is 0 Å². The lowest BCUT2D eigenvalue weighted by molar-refractivity contribution is 0.0630. The number of β-amino-alcohol motifs (C(OH)–C–C–N with tert-alkyl or cyclic N) is 1. The number of nitrogens with one attached hydrogen (secondary N) is 1. The van der Waals surface area contributed by atoms with E-state index in [1.807, 2.05) is 11.4 Å². The largest absolute Gasteiger partial charge is 0.387 e. The molecule has 1 aromatic carbocycles. The van der Waals surface area contributed by atoms with E-state index in [1.165, 1.54) is 16.2 Å². The minimum atomic E-state index is -0.528. The van der Waals surface area contributed by atoms with Crippen LogP contribution in [0.1, 0.15) is 43.3 Å². The Hall–Kier alpha value is -2.02. The van der Waals surface area contributed by atoms with Gasteiger partial charge in [0.1, 0.15) is 0 Å². The number of amides is 2. The van der Waals surface area contributed by atoms with E-state index >= 15 is 0 Å². The number of rotatable bonds is 2. The van der Waals surface area contributed by atoms with Gasteiger partial charge in [-0.2, -0.15) is 0 Å². The second-order valence-electron chi connectivity index (χ2n) is 5.48. The van der Waals surface area contributed by atoms with Crippen molar-refractivity contribution in [1.82, 2.24) is 10.2 Å². The number of fused-ring (bicyclic) bond motifs is 2. The van der Waals surface area contributed by atoms with E-state index in [0.717, 1.165) is 10.4 Å². The van der Waals surface area contributed by atoms with Crippen molar-refractivity contribution in [1.29, 1.82) is 0 Å². The molecule has 0 aliphatic carbocycles. The Morgan fingerprint density at radius 1 is 1.18 bits per heavy atom. The van der Waals surface area contributed by atoms with Gasteiger partial charge in [0.25, 0.3) is 11.8 Å². The fourth-order valence-corrected chi connectivity index (χ4v) is 4.10. The summed E-state index contributed by atoms with van der Waals surface area (Å²) in [7, 11) is 0. The smallest absolute Gasteiger partial charge is 0.261 e. The Balaban J connectivity index is 1.63. The maximum atomic E-state index is 12.4. The van der Waals surface area contributed by atoms with Gasteiger partial charge < -0.3 is 10.4 Å². The zero-order valence-electron chi connectivity index (χ0n) is 11.7. The van der Waals surface area contributed by atoms with Crippen LogP contribution in [0, 0.1) is 0 Å². The molecule has 112 valence electrons. The molecule has 0 saturated carbocycles. The molecule has 2 atom stereocenters. The molecule has 4 rings (SSSR count). The van der Waals surface area contributed by atoms with Crippen LogP contribution in [-0.2, 0) is 0 Å². The predicted molar refractivity (Wildman–Crippen MR) is 81.8 cm³/mol. The van der Waals surface area contributed by atoms with Crippen molar-refractivity contribution >= 4 is 23.2 Å². The van der Waals surface area contributed by atoms with Crippen molar-refractivity contribution in [2.24, 2.45) is 0 Å². The highest BCUT2D eigenvalue weighted by Crippen LogP contribution is 2.34. The molecule has 2 aromatic rings. The molecule has 22 heavy (non-hydrogen) atoms. The van der Waals surface area contributed by atoms with Gasteiger partial charge in [-0.25, -0.2) is 0 Å². The van der Waals surface area contributed by atoms with Crippen molar-refractivity contribution in [3.05, 3.63) is 57.3 Å². The first-order valence-electron chi connectivity index (χ1n) is 7.11. The maximum Gasteiger partial charge on any atom is 0.261 e. The van der Waals surface area contributed by atoms with Crippen LogP contribution < -0.4 is 5.32 Å². The Bertz CT molecular complexity index is 735. The Morgan fingerprint density at radius 3 is 2.55 bits per heavy atom. The van der Waals surface area contributed by atoms with E-state index < -0.39 is 6.10 Å². The molecule has 6 heteroatoms. The standard InChI is InChI=1S/C16H14N2O3S/c19-13-7-17-12(14-11(13)5-6-22-14)8-18-15(20)9-3-1-2-4-10(9)16(18)21/h1-6,12-13,17,19H,7-8H2. The van der Waals surface area contributed by atoms with Crippen LogP contribution in [-0.4, -0.2) is 34.9 Å². The quantitative estimate of drug-likeness (QED) is 0.828. The minimum absolute atomic E-state index is 0.124. The van der Waals surface area contributed by atoms with Gasteiger partial charge in [0.05, 0.1) is 23.3 Å². The van der Waals surface area contributed by atoms with Crippen LogP contribution in [0.4, 0.5) is 0 Å². The third kappa shape index (κ3) is 1.92. The molecule has 2 unspecified atom stereocenters. The molecule has 5 nitrogen and oxygen atoms in total. The predicted octanol–water partition coefficient (Wildman–Crippen LogP) is 1.72. The van der Waals surface area contributed by atoms with Gasteiger partial charge in [-0.15, -0.1) is 11.3 Å². The van der Waals surface area contributed by atoms with Crippen LogP contribution in [0.5, 0.6) is 0 Å². The zero-order valence-corrected chi connectivity index (χ0v) is 12.5. The van der Waals surface area contributed by atoms with Gasteiger partial charge in [-0.3, -0.25) is 14.5 Å². The zero-order chi connectivity index (χ0) is 15.3. The number of aliphatic hydroxyl groups excluding tert-OH is 1. The van der Waals surface area contributed by atoms with E-state index in [-0.39, 0.29) is 24.4 Å². The monoisotopic (exact) mass is 314 g/mol. The molecule has 2 amide bonds. The average molecular weight is 314 g/mol. The van der Waals surface area contributed by atoms with Crippen LogP contribution in [0.2, 0.25) is 0 Å². The summed E-state index contributed by atoms with van der Waals surface area (Å²) in [4.78, 5) is 27.1. The number of aliphatic hydroxyl groups is 1. The fourth-order valence-electron chi connectivity index (χ4n) is 3.08. The molecular weight excluding hydrogens is 300 g/mol. The number of thiophene rings is 1. The number of benzene rings is 1. The molecule has 0 spiro atoms. The van der Waals surface area contributed by atoms with Crippen LogP contribution in [0.3, 0.4) is 0 Å². The number of carbonyl (C=O) groups is 2. The Labute approximate surface area is 131 Å². The SMILES string of the molecule is O=C1c2ccccc2C(=O)N1CC1NCC(O)c2ccsc21. The van der Waals surface area contributed by atoms with E-state index in [4.69, 9.17) is 0 Å². The van der Waals surface area contributed by atoms with E-state index in [9.17, 15) is 14.7 Å². The third-order valence-corrected chi connectivity index (χ3v) is 5.25. The molecule has 0 radical (unpaired) electrons. The van der Waals surface area contributed by atoms with Crippen LogP contribution >= 0.6 is 11.3 Å². The summed E-state index contributed by atoms with van der Waals surface area (Å²) in [5.41, 5.74) is 1.83. The van der Waals surface area contributed by atoms with Gasteiger partial charge in [-0.1, -0.05) is 12.1 Å². The van der Waals surface area contributed by atoms with Crippen molar-refractivity contribution in [2.75, 3.05) is 13.1 Å². The Morgan fingerprint density at radius 2 is 1.86 bits per heavy atom. The molecule has 2 N–H and O–H groups in total. The van der Waals surface area contributed by atoms with Gasteiger partial charge in [0.15, 0.2) is 0 Å². The van der Waals surface area contributed by atoms with Crippen LogP contribution in [0.25, 0.3) is 0 Å². The lowest BCUT2D eigenvalue weighted by atomic mass is 10.0. The van der Waals surface area contributed by atoms with E-state index in [0.29, 0.717) is 17.7 Å². The Kier molecular flexibility index (Phi) is 3.11.